The normalized spacial score (nSPS) is 11.5. The summed E-state index contributed by atoms with van der Waals surface area (Å²) in [5.74, 6) is -3.66. The summed E-state index contributed by atoms with van der Waals surface area (Å²) in [4.78, 5) is 32.8. The van der Waals surface area contributed by atoms with Gasteiger partial charge in [-0.15, -0.1) is 0 Å². The van der Waals surface area contributed by atoms with Crippen molar-refractivity contribution in [3.05, 3.63) is 34.9 Å². The lowest BCUT2D eigenvalue weighted by atomic mass is 10.1. The van der Waals surface area contributed by atoms with Gasteiger partial charge in [0.25, 0.3) is 0 Å². The van der Waals surface area contributed by atoms with E-state index in [9.17, 15) is 14.4 Å². The van der Waals surface area contributed by atoms with Crippen LogP contribution in [0.25, 0.3) is 0 Å². The summed E-state index contributed by atoms with van der Waals surface area (Å²) in [7, 11) is 0. The van der Waals surface area contributed by atoms with Crippen LogP contribution in [0.2, 0.25) is 5.02 Å². The second-order valence-electron chi connectivity index (χ2n) is 4.32. The highest BCUT2D eigenvalue weighted by atomic mass is 35.5. The van der Waals surface area contributed by atoms with Crippen LogP contribution in [0.5, 0.6) is 0 Å². The molecule has 0 bridgehead atoms. The number of amides is 2. The van der Waals surface area contributed by atoms with Crippen molar-refractivity contribution < 1.29 is 24.6 Å². The molecule has 0 heterocycles. The van der Waals surface area contributed by atoms with Gasteiger partial charge in [-0.2, -0.15) is 0 Å². The zero-order chi connectivity index (χ0) is 15.8. The number of nitrogens with one attached hydrogen (secondary N) is 2. The summed E-state index contributed by atoms with van der Waals surface area (Å²) in [5, 5.41) is 22.8. The largest absolute Gasteiger partial charge is 0.481 e. The summed E-state index contributed by atoms with van der Waals surface area (Å²) in [6, 6.07) is 6.29. The molecule has 1 rings (SSSR count). The smallest absolute Gasteiger partial charge is 0.315 e. The molecule has 2 amide bonds. The number of carbonyl (C=O) groups excluding carboxylic acids is 1. The van der Waals surface area contributed by atoms with E-state index in [1.165, 1.54) is 0 Å². The number of hydrogen-bond donors (Lipinski definition) is 4. The minimum absolute atomic E-state index is 0.250. The lowest BCUT2D eigenvalue weighted by Gasteiger charge is -2.12. The summed E-state index contributed by atoms with van der Waals surface area (Å²) in [6.45, 7) is -0.00620. The Labute approximate surface area is 125 Å². The molecule has 0 spiro atoms. The van der Waals surface area contributed by atoms with Gasteiger partial charge in [0.1, 0.15) is 0 Å². The van der Waals surface area contributed by atoms with Crippen LogP contribution >= 0.6 is 11.6 Å². The molecule has 0 radical (unpaired) electrons. The molecule has 4 N–H and O–H groups in total. The van der Waals surface area contributed by atoms with Gasteiger partial charge in [0, 0.05) is 18.1 Å². The number of benzene rings is 1. The molecule has 1 aromatic carbocycles. The number of halogens is 1. The van der Waals surface area contributed by atoms with Gasteiger partial charge in [0.15, 0.2) is 0 Å². The molecule has 0 aromatic heterocycles. The highest BCUT2D eigenvalue weighted by Gasteiger charge is 2.21. The Morgan fingerprint density at radius 1 is 1.10 bits per heavy atom. The predicted molar refractivity (Wildman–Crippen MR) is 75.1 cm³/mol. The van der Waals surface area contributed by atoms with Crippen molar-refractivity contribution in [1.82, 2.24) is 10.6 Å². The van der Waals surface area contributed by atoms with E-state index >= 15 is 0 Å². The first-order valence-electron chi connectivity index (χ1n) is 6.09. The van der Waals surface area contributed by atoms with Crippen LogP contribution in [-0.2, 0) is 16.1 Å². The van der Waals surface area contributed by atoms with Crippen molar-refractivity contribution in [2.45, 2.75) is 13.0 Å². The fraction of sp³-hybridized carbons (Fsp3) is 0.308. The molecular weight excluding hydrogens is 300 g/mol. The van der Waals surface area contributed by atoms with Crippen LogP contribution < -0.4 is 10.6 Å². The Morgan fingerprint density at radius 3 is 2.24 bits per heavy atom. The Balaban J connectivity index is 2.37. The minimum atomic E-state index is -1.27. The molecule has 1 atom stereocenters. The average molecular weight is 315 g/mol. The maximum atomic E-state index is 11.5. The van der Waals surface area contributed by atoms with E-state index in [0.29, 0.717) is 5.02 Å². The number of carbonyl (C=O) groups is 3. The molecule has 1 aromatic rings. The van der Waals surface area contributed by atoms with Crippen molar-refractivity contribution in [2.24, 2.45) is 5.92 Å². The van der Waals surface area contributed by atoms with E-state index in [1.807, 2.05) is 0 Å². The van der Waals surface area contributed by atoms with Gasteiger partial charge in [0.05, 0.1) is 12.3 Å². The van der Waals surface area contributed by atoms with E-state index < -0.39 is 30.3 Å². The van der Waals surface area contributed by atoms with Crippen molar-refractivity contribution in [3.63, 3.8) is 0 Å². The zero-order valence-corrected chi connectivity index (χ0v) is 11.8. The van der Waals surface area contributed by atoms with Crippen molar-refractivity contribution in [2.75, 3.05) is 6.54 Å². The van der Waals surface area contributed by atoms with Crippen molar-refractivity contribution in [3.8, 4) is 0 Å². The van der Waals surface area contributed by atoms with Gasteiger partial charge in [-0.25, -0.2) is 4.79 Å². The molecule has 0 saturated carbocycles. The summed E-state index contributed by atoms with van der Waals surface area (Å²) in [6.07, 6.45) is -0.549. The van der Waals surface area contributed by atoms with Gasteiger partial charge in [-0.05, 0) is 17.7 Å². The Morgan fingerprint density at radius 2 is 1.71 bits per heavy atom. The number of rotatable bonds is 7. The molecule has 0 saturated heterocycles. The van der Waals surface area contributed by atoms with Gasteiger partial charge >= 0.3 is 18.0 Å². The van der Waals surface area contributed by atoms with Gasteiger partial charge < -0.3 is 20.8 Å². The third-order valence-electron chi connectivity index (χ3n) is 2.65. The first-order valence-corrected chi connectivity index (χ1v) is 6.47. The Kier molecular flexibility index (Phi) is 6.48. The molecule has 0 aliphatic heterocycles. The highest BCUT2D eigenvalue weighted by Crippen LogP contribution is 2.09. The van der Waals surface area contributed by atoms with Crippen LogP contribution in [0.1, 0.15) is 12.0 Å². The van der Waals surface area contributed by atoms with E-state index in [4.69, 9.17) is 21.8 Å². The summed E-state index contributed by atoms with van der Waals surface area (Å²) >= 11 is 5.73. The lowest BCUT2D eigenvalue weighted by molar-refractivity contribution is -0.148. The monoisotopic (exact) mass is 314 g/mol. The Hall–Kier alpha value is -2.28. The lowest BCUT2D eigenvalue weighted by Crippen LogP contribution is -2.40. The summed E-state index contributed by atoms with van der Waals surface area (Å²) in [5.41, 5.74) is 0.829. The fourth-order valence-electron chi connectivity index (χ4n) is 1.52. The third-order valence-corrected chi connectivity index (χ3v) is 2.90. The summed E-state index contributed by atoms with van der Waals surface area (Å²) < 4.78 is 0. The number of urea groups is 1. The van der Waals surface area contributed by atoms with Crippen LogP contribution in [0.3, 0.4) is 0 Å². The minimum Gasteiger partial charge on any atom is -0.481 e. The first-order chi connectivity index (χ1) is 9.88. The number of carboxylic acids is 2. The van der Waals surface area contributed by atoms with Crippen LogP contribution in [-0.4, -0.2) is 34.7 Å². The number of carboxylic acid groups (broad SMARTS) is 2. The molecule has 21 heavy (non-hydrogen) atoms. The second kappa shape index (κ2) is 8.11. The van der Waals surface area contributed by atoms with Crippen molar-refractivity contribution >= 4 is 29.6 Å². The topological polar surface area (TPSA) is 116 Å². The van der Waals surface area contributed by atoms with E-state index in [1.54, 1.807) is 24.3 Å². The quantitative estimate of drug-likeness (QED) is 0.605. The molecule has 0 fully saturated rings. The standard InChI is InChI=1S/C13H15ClN2O5/c14-10-3-1-8(2-4-10)6-15-13(21)16-7-9(12(19)20)5-11(17)18/h1-4,9H,5-7H2,(H,17,18)(H,19,20)(H2,15,16,21). The molecule has 114 valence electrons. The molecule has 7 nitrogen and oxygen atoms in total. The predicted octanol–water partition coefficient (Wildman–Crippen LogP) is 1.31. The number of aliphatic carboxylic acids is 2. The zero-order valence-electron chi connectivity index (χ0n) is 11.0. The van der Waals surface area contributed by atoms with Gasteiger partial charge in [-0.3, -0.25) is 9.59 Å². The molecular formula is C13H15ClN2O5. The SMILES string of the molecule is O=C(O)CC(CNC(=O)NCc1ccc(Cl)cc1)C(=O)O. The van der Waals surface area contributed by atoms with E-state index in [-0.39, 0.29) is 13.1 Å². The van der Waals surface area contributed by atoms with Crippen LogP contribution in [0, 0.1) is 5.92 Å². The number of hydrogen-bond acceptors (Lipinski definition) is 3. The van der Waals surface area contributed by atoms with Crippen molar-refractivity contribution in [1.29, 1.82) is 0 Å². The highest BCUT2D eigenvalue weighted by molar-refractivity contribution is 6.30. The maximum Gasteiger partial charge on any atom is 0.315 e. The van der Waals surface area contributed by atoms with Gasteiger partial charge in [0.2, 0.25) is 0 Å². The van der Waals surface area contributed by atoms with E-state index in [0.717, 1.165) is 5.56 Å². The third kappa shape index (κ3) is 6.62. The fourth-order valence-corrected chi connectivity index (χ4v) is 1.65. The first kappa shape index (κ1) is 16.8. The Bertz CT molecular complexity index is 518. The molecule has 0 aliphatic rings. The molecule has 8 heteroatoms. The molecule has 0 aliphatic carbocycles. The maximum absolute atomic E-state index is 11.5. The second-order valence-corrected chi connectivity index (χ2v) is 4.76. The molecule has 1 unspecified atom stereocenters. The van der Waals surface area contributed by atoms with Gasteiger partial charge in [-0.1, -0.05) is 23.7 Å². The van der Waals surface area contributed by atoms with Crippen LogP contribution in [0.15, 0.2) is 24.3 Å². The van der Waals surface area contributed by atoms with E-state index in [2.05, 4.69) is 10.6 Å². The average Bonchev–Trinajstić information content (AvgIpc) is 2.42. The van der Waals surface area contributed by atoms with Crippen LogP contribution in [0.4, 0.5) is 4.79 Å².